The Morgan fingerprint density at radius 3 is 2.34 bits per heavy atom. The van der Waals surface area contributed by atoms with Crippen LogP contribution in [0.1, 0.15) is 46.4 Å². The maximum atomic E-state index is 14.9. The number of likely N-dealkylation sites (N-methyl/N-ethyl adjacent to an activating group) is 1. The number of halogens is 1. The number of piperidine rings is 2. The van der Waals surface area contributed by atoms with Crippen LogP contribution in [0.15, 0.2) is 12.1 Å². The Balaban J connectivity index is 1.52. The summed E-state index contributed by atoms with van der Waals surface area (Å²) in [6.07, 6.45) is 1.28. The fraction of sp³-hybridized carbons (Fsp3) is 0.476. The SMILES string of the molecule is CN(CC(=O)O)C1CCN(c2cc3c(cc2F)C(=O)N(C2CCC(=O)NC2=O)C3=O)CC1. The molecule has 1 atom stereocenters. The molecule has 4 amide bonds. The Hall–Kier alpha value is -3.34. The van der Waals surface area contributed by atoms with Crippen molar-refractivity contribution < 1.29 is 33.5 Å². The van der Waals surface area contributed by atoms with Gasteiger partial charge >= 0.3 is 5.97 Å². The van der Waals surface area contributed by atoms with Gasteiger partial charge in [-0.25, -0.2) is 4.39 Å². The molecule has 0 radical (unpaired) electrons. The number of nitrogens with one attached hydrogen (secondary N) is 1. The summed E-state index contributed by atoms with van der Waals surface area (Å²) in [5.41, 5.74) is 0.118. The lowest BCUT2D eigenvalue weighted by Crippen LogP contribution is -2.54. The molecule has 0 spiro atoms. The van der Waals surface area contributed by atoms with Gasteiger partial charge in [-0.2, -0.15) is 0 Å². The minimum Gasteiger partial charge on any atom is -0.480 e. The fourth-order valence-electron chi connectivity index (χ4n) is 4.61. The van der Waals surface area contributed by atoms with Crippen molar-refractivity contribution in [3.8, 4) is 0 Å². The van der Waals surface area contributed by atoms with E-state index < -0.39 is 41.5 Å². The number of hydrogen-bond donors (Lipinski definition) is 2. The van der Waals surface area contributed by atoms with E-state index in [1.165, 1.54) is 6.07 Å². The summed E-state index contributed by atoms with van der Waals surface area (Å²) in [6, 6.07) is 1.32. The van der Waals surface area contributed by atoms with Crippen LogP contribution in [0.3, 0.4) is 0 Å². The topological polar surface area (TPSA) is 127 Å². The van der Waals surface area contributed by atoms with Crippen molar-refractivity contribution in [2.75, 3.05) is 31.6 Å². The second-order valence-electron chi connectivity index (χ2n) is 8.32. The van der Waals surface area contributed by atoms with Crippen LogP contribution in [0.4, 0.5) is 10.1 Å². The van der Waals surface area contributed by atoms with Gasteiger partial charge in [-0.05, 0) is 38.4 Å². The lowest BCUT2D eigenvalue weighted by atomic mass is 10.0. The number of rotatable bonds is 5. The van der Waals surface area contributed by atoms with Gasteiger partial charge < -0.3 is 10.0 Å². The predicted octanol–water partition coefficient (Wildman–Crippen LogP) is 0.212. The van der Waals surface area contributed by atoms with Crippen LogP contribution in [0.2, 0.25) is 0 Å². The molecule has 170 valence electrons. The normalized spacial score (nSPS) is 21.9. The van der Waals surface area contributed by atoms with E-state index in [0.29, 0.717) is 25.9 Å². The third-order valence-electron chi connectivity index (χ3n) is 6.32. The maximum Gasteiger partial charge on any atom is 0.317 e. The molecular weight excluding hydrogens is 423 g/mol. The lowest BCUT2D eigenvalue weighted by Gasteiger charge is -2.37. The third-order valence-corrected chi connectivity index (χ3v) is 6.32. The first-order valence-electron chi connectivity index (χ1n) is 10.4. The quantitative estimate of drug-likeness (QED) is 0.615. The van der Waals surface area contributed by atoms with Crippen molar-refractivity contribution in [3.05, 3.63) is 29.1 Å². The molecule has 0 saturated carbocycles. The Morgan fingerprint density at radius 2 is 1.75 bits per heavy atom. The summed E-state index contributed by atoms with van der Waals surface area (Å²) in [5, 5.41) is 11.1. The Labute approximate surface area is 182 Å². The number of amides is 4. The van der Waals surface area contributed by atoms with Crippen molar-refractivity contribution in [1.29, 1.82) is 0 Å². The van der Waals surface area contributed by atoms with E-state index in [-0.39, 0.29) is 42.2 Å². The predicted molar refractivity (Wildman–Crippen MR) is 109 cm³/mol. The number of benzene rings is 1. The molecule has 3 aliphatic heterocycles. The zero-order valence-corrected chi connectivity index (χ0v) is 17.5. The molecule has 10 nitrogen and oxygen atoms in total. The molecule has 2 N–H and O–H groups in total. The van der Waals surface area contributed by atoms with Crippen molar-refractivity contribution in [3.63, 3.8) is 0 Å². The molecule has 0 aliphatic carbocycles. The van der Waals surface area contributed by atoms with E-state index in [0.717, 1.165) is 11.0 Å². The standard InChI is InChI=1S/C21H23FN4O6/c1-24(10-18(28)29)11-4-6-25(7-5-11)16-9-13-12(8-14(16)22)20(31)26(21(13)32)15-2-3-17(27)23-19(15)30/h8-9,11,15H,2-7,10H2,1H3,(H,28,29)(H,23,27,30). The van der Waals surface area contributed by atoms with E-state index in [9.17, 15) is 28.4 Å². The highest BCUT2D eigenvalue weighted by Crippen LogP contribution is 2.33. The van der Waals surface area contributed by atoms with Crippen molar-refractivity contribution in [2.24, 2.45) is 0 Å². The van der Waals surface area contributed by atoms with Gasteiger partial charge in [0.05, 0.1) is 23.4 Å². The molecule has 1 aromatic rings. The van der Waals surface area contributed by atoms with Gasteiger partial charge in [0.25, 0.3) is 11.8 Å². The zero-order chi connectivity index (χ0) is 23.2. The Morgan fingerprint density at radius 1 is 1.12 bits per heavy atom. The molecule has 1 unspecified atom stereocenters. The van der Waals surface area contributed by atoms with Crippen LogP contribution >= 0.6 is 0 Å². The summed E-state index contributed by atoms with van der Waals surface area (Å²) in [7, 11) is 1.73. The van der Waals surface area contributed by atoms with Crippen molar-refractivity contribution in [2.45, 2.75) is 37.8 Å². The Kier molecular flexibility index (Phi) is 5.68. The Bertz CT molecular complexity index is 1020. The van der Waals surface area contributed by atoms with E-state index in [4.69, 9.17) is 5.11 Å². The van der Waals surface area contributed by atoms with Gasteiger partial charge in [0.2, 0.25) is 11.8 Å². The minimum atomic E-state index is -1.10. The number of nitrogens with zero attached hydrogens (tertiary/aromatic N) is 3. The van der Waals surface area contributed by atoms with Crippen molar-refractivity contribution >= 4 is 35.3 Å². The molecule has 32 heavy (non-hydrogen) atoms. The number of anilines is 1. The molecule has 3 heterocycles. The molecule has 3 aliphatic rings. The highest BCUT2D eigenvalue weighted by atomic mass is 19.1. The number of aliphatic carboxylic acids is 1. The van der Waals surface area contributed by atoms with Crippen LogP contribution in [0.5, 0.6) is 0 Å². The van der Waals surface area contributed by atoms with Crippen LogP contribution in [0.25, 0.3) is 0 Å². The number of carbonyl (C=O) groups is 5. The number of imide groups is 2. The van der Waals surface area contributed by atoms with E-state index >= 15 is 0 Å². The number of carboxylic acids is 1. The van der Waals surface area contributed by atoms with E-state index in [2.05, 4.69) is 5.32 Å². The van der Waals surface area contributed by atoms with E-state index in [1.54, 1.807) is 16.8 Å². The molecule has 2 fully saturated rings. The summed E-state index contributed by atoms with van der Waals surface area (Å²) >= 11 is 0. The van der Waals surface area contributed by atoms with Gasteiger partial charge in [0, 0.05) is 25.6 Å². The molecule has 0 aromatic heterocycles. The van der Waals surface area contributed by atoms with Crippen LogP contribution in [0, 0.1) is 5.82 Å². The monoisotopic (exact) mass is 446 g/mol. The van der Waals surface area contributed by atoms with Crippen molar-refractivity contribution in [1.82, 2.24) is 15.1 Å². The number of hydrogen-bond acceptors (Lipinski definition) is 7. The summed E-state index contributed by atoms with van der Waals surface area (Å²) < 4.78 is 14.9. The first-order chi connectivity index (χ1) is 15.2. The fourth-order valence-corrected chi connectivity index (χ4v) is 4.61. The summed E-state index contributed by atoms with van der Waals surface area (Å²) in [6.45, 7) is 0.845. The average Bonchev–Trinajstić information content (AvgIpc) is 2.97. The molecule has 4 rings (SSSR count). The minimum absolute atomic E-state index is 0.00862. The summed E-state index contributed by atoms with van der Waals surface area (Å²) in [4.78, 5) is 64.6. The molecule has 2 saturated heterocycles. The maximum absolute atomic E-state index is 14.9. The molecule has 0 bridgehead atoms. The van der Waals surface area contributed by atoms with Gasteiger partial charge in [0.1, 0.15) is 11.9 Å². The second kappa shape index (κ2) is 8.30. The highest BCUT2D eigenvalue weighted by Gasteiger charge is 2.45. The lowest BCUT2D eigenvalue weighted by molar-refractivity contribution is -0.139. The van der Waals surface area contributed by atoms with Crippen LogP contribution in [-0.4, -0.2) is 83.3 Å². The second-order valence-corrected chi connectivity index (χ2v) is 8.32. The summed E-state index contributed by atoms with van der Waals surface area (Å²) in [5.74, 6) is -4.18. The molecule has 11 heteroatoms. The smallest absolute Gasteiger partial charge is 0.317 e. The zero-order valence-electron chi connectivity index (χ0n) is 17.5. The highest BCUT2D eigenvalue weighted by molar-refractivity contribution is 6.23. The van der Waals surface area contributed by atoms with Gasteiger partial charge in [-0.3, -0.25) is 39.1 Å². The van der Waals surface area contributed by atoms with Gasteiger partial charge in [-0.15, -0.1) is 0 Å². The van der Waals surface area contributed by atoms with Gasteiger partial charge in [0.15, 0.2) is 0 Å². The first kappa shape index (κ1) is 21.9. The molecule has 1 aromatic carbocycles. The van der Waals surface area contributed by atoms with Gasteiger partial charge in [-0.1, -0.05) is 0 Å². The number of carboxylic acid groups (broad SMARTS) is 1. The largest absolute Gasteiger partial charge is 0.480 e. The molecular formula is C21H23FN4O6. The van der Waals surface area contributed by atoms with Crippen LogP contribution in [-0.2, 0) is 14.4 Å². The first-order valence-corrected chi connectivity index (χ1v) is 10.4. The number of fused-ring (bicyclic) bond motifs is 1. The van der Waals surface area contributed by atoms with Crippen LogP contribution < -0.4 is 10.2 Å². The average molecular weight is 446 g/mol. The number of carbonyl (C=O) groups excluding carboxylic acids is 4. The van der Waals surface area contributed by atoms with E-state index in [1.807, 2.05) is 0 Å². The third kappa shape index (κ3) is 3.83.